The maximum atomic E-state index is 12.8. The Morgan fingerprint density at radius 2 is 1.79 bits per heavy atom. The normalized spacial score (nSPS) is 11.9. The van der Waals surface area contributed by atoms with Crippen molar-refractivity contribution in [1.82, 2.24) is 20.0 Å². The van der Waals surface area contributed by atoms with Gasteiger partial charge in [0.25, 0.3) is 5.91 Å². The third-order valence-electron chi connectivity index (χ3n) is 5.47. The molecule has 0 fully saturated rings. The van der Waals surface area contributed by atoms with Gasteiger partial charge in [-0.05, 0) is 67.1 Å². The van der Waals surface area contributed by atoms with Gasteiger partial charge in [0.1, 0.15) is 17.8 Å². The second-order valence-electron chi connectivity index (χ2n) is 7.59. The Morgan fingerprint density at radius 3 is 2.52 bits per heavy atom. The van der Waals surface area contributed by atoms with Crippen molar-refractivity contribution in [2.24, 2.45) is 5.10 Å². The number of hydrazone groups is 1. The van der Waals surface area contributed by atoms with Crippen molar-refractivity contribution in [2.75, 3.05) is 7.11 Å². The molecule has 2 aromatic heterocycles. The molecule has 2 heterocycles. The Labute approximate surface area is 194 Å². The van der Waals surface area contributed by atoms with Crippen LogP contribution in [-0.4, -0.2) is 33.3 Å². The summed E-state index contributed by atoms with van der Waals surface area (Å²) in [6.07, 6.45) is 0. The maximum Gasteiger partial charge on any atom is 0.260 e. The molecular formula is C25H20ClN5O2. The first-order valence-electron chi connectivity index (χ1n) is 10.4. The summed E-state index contributed by atoms with van der Waals surface area (Å²) in [4.78, 5) is 22.4. The van der Waals surface area contributed by atoms with E-state index in [-0.39, 0.29) is 12.5 Å². The Balaban J connectivity index is 1.49. The van der Waals surface area contributed by atoms with E-state index in [1.54, 1.807) is 13.2 Å². The van der Waals surface area contributed by atoms with Gasteiger partial charge in [-0.15, -0.1) is 0 Å². The molecule has 164 valence electrons. The summed E-state index contributed by atoms with van der Waals surface area (Å²) < 4.78 is 7.02. The number of methoxy groups -OCH3 is 1. The molecule has 0 atom stereocenters. The summed E-state index contributed by atoms with van der Waals surface area (Å²) in [5, 5.41) is 5.71. The molecule has 0 saturated carbocycles. The van der Waals surface area contributed by atoms with Gasteiger partial charge in [0, 0.05) is 10.4 Å². The first-order valence-corrected chi connectivity index (χ1v) is 10.7. The van der Waals surface area contributed by atoms with Crippen LogP contribution in [0, 0.1) is 0 Å². The molecule has 0 radical (unpaired) electrons. The lowest BCUT2D eigenvalue weighted by Crippen LogP contribution is -2.24. The molecule has 7 nitrogen and oxygen atoms in total. The molecule has 0 aliphatic carbocycles. The lowest BCUT2D eigenvalue weighted by atomic mass is 10.1. The second kappa shape index (κ2) is 8.52. The largest absolute Gasteiger partial charge is 0.497 e. The average molecular weight is 458 g/mol. The first-order chi connectivity index (χ1) is 16.0. The van der Waals surface area contributed by atoms with E-state index in [0.29, 0.717) is 21.9 Å². The Kier molecular flexibility index (Phi) is 5.40. The SMILES string of the molecule is COc1ccc(/C(C)=N\NC(=O)Cn2c3ccc(Cl)cc3c3nc4ccccc4nc32)cc1. The van der Waals surface area contributed by atoms with Crippen molar-refractivity contribution in [2.45, 2.75) is 13.5 Å². The number of carbonyl (C=O) groups is 1. The maximum absolute atomic E-state index is 12.8. The lowest BCUT2D eigenvalue weighted by Gasteiger charge is -2.07. The van der Waals surface area contributed by atoms with E-state index in [1.165, 1.54) is 0 Å². The van der Waals surface area contributed by atoms with Crippen LogP contribution in [0.2, 0.25) is 5.02 Å². The van der Waals surface area contributed by atoms with E-state index in [0.717, 1.165) is 33.2 Å². The molecule has 8 heteroatoms. The van der Waals surface area contributed by atoms with Gasteiger partial charge < -0.3 is 9.30 Å². The van der Waals surface area contributed by atoms with Crippen molar-refractivity contribution in [3.05, 3.63) is 77.3 Å². The third-order valence-corrected chi connectivity index (χ3v) is 5.71. The van der Waals surface area contributed by atoms with Crippen LogP contribution in [0.1, 0.15) is 12.5 Å². The van der Waals surface area contributed by atoms with Crippen LogP contribution in [0.5, 0.6) is 5.75 Å². The van der Waals surface area contributed by atoms with Crippen LogP contribution in [0.15, 0.2) is 71.8 Å². The minimum absolute atomic E-state index is 0.0358. The van der Waals surface area contributed by atoms with E-state index in [1.807, 2.05) is 72.2 Å². The molecule has 0 spiro atoms. The van der Waals surface area contributed by atoms with Crippen molar-refractivity contribution < 1.29 is 9.53 Å². The Morgan fingerprint density at radius 1 is 1.06 bits per heavy atom. The summed E-state index contributed by atoms with van der Waals surface area (Å²) in [5.41, 5.74) is 7.92. The zero-order valence-corrected chi connectivity index (χ0v) is 18.8. The van der Waals surface area contributed by atoms with Crippen molar-refractivity contribution >= 4 is 56.3 Å². The number of amides is 1. The molecule has 33 heavy (non-hydrogen) atoms. The molecule has 0 aliphatic rings. The summed E-state index contributed by atoms with van der Waals surface area (Å²) in [6, 6.07) is 20.7. The topological polar surface area (TPSA) is 81.4 Å². The highest BCUT2D eigenvalue weighted by molar-refractivity contribution is 6.31. The fourth-order valence-electron chi connectivity index (χ4n) is 3.79. The fourth-order valence-corrected chi connectivity index (χ4v) is 3.96. The predicted molar refractivity (Wildman–Crippen MR) is 131 cm³/mol. The number of ether oxygens (including phenoxy) is 1. The van der Waals surface area contributed by atoms with Gasteiger partial charge in [0.05, 0.1) is 29.4 Å². The summed E-state index contributed by atoms with van der Waals surface area (Å²) in [6.45, 7) is 1.87. The van der Waals surface area contributed by atoms with Crippen LogP contribution < -0.4 is 10.2 Å². The molecule has 0 saturated heterocycles. The molecule has 0 aliphatic heterocycles. The molecule has 3 aromatic carbocycles. The van der Waals surface area contributed by atoms with Crippen LogP contribution in [0.3, 0.4) is 0 Å². The number of carbonyl (C=O) groups excluding carboxylic acids is 1. The standard InChI is InChI=1S/C25H20ClN5O2/c1-15(16-7-10-18(33-2)11-8-16)29-30-23(32)14-31-22-12-9-17(26)13-19(22)24-25(31)28-21-6-4-3-5-20(21)27-24/h3-13H,14H2,1-2H3,(H,30,32)/b29-15-. The number of benzene rings is 3. The van der Waals surface area contributed by atoms with Gasteiger partial charge in [-0.2, -0.15) is 5.10 Å². The number of halogens is 1. The van der Waals surface area contributed by atoms with Gasteiger partial charge in [-0.3, -0.25) is 4.79 Å². The fraction of sp³-hybridized carbons (Fsp3) is 0.120. The van der Waals surface area contributed by atoms with Crippen molar-refractivity contribution in [1.29, 1.82) is 0 Å². The monoisotopic (exact) mass is 457 g/mol. The van der Waals surface area contributed by atoms with Crippen LogP contribution >= 0.6 is 11.6 Å². The van der Waals surface area contributed by atoms with Crippen molar-refractivity contribution in [3.63, 3.8) is 0 Å². The number of para-hydroxylation sites is 2. The number of nitrogens with zero attached hydrogens (tertiary/aromatic N) is 4. The van der Waals surface area contributed by atoms with E-state index >= 15 is 0 Å². The van der Waals surface area contributed by atoms with Crippen molar-refractivity contribution in [3.8, 4) is 5.75 Å². The molecule has 1 N–H and O–H groups in total. The molecule has 0 bridgehead atoms. The highest BCUT2D eigenvalue weighted by Crippen LogP contribution is 2.30. The molecule has 5 aromatic rings. The van der Waals surface area contributed by atoms with E-state index in [9.17, 15) is 4.79 Å². The van der Waals surface area contributed by atoms with E-state index < -0.39 is 0 Å². The zero-order chi connectivity index (χ0) is 22.9. The zero-order valence-electron chi connectivity index (χ0n) is 18.0. The van der Waals surface area contributed by atoms with Gasteiger partial charge in [0.15, 0.2) is 5.65 Å². The predicted octanol–water partition coefficient (Wildman–Crippen LogP) is 4.94. The van der Waals surface area contributed by atoms with Gasteiger partial charge in [-0.25, -0.2) is 15.4 Å². The molecule has 0 unspecified atom stereocenters. The Bertz CT molecular complexity index is 1540. The summed E-state index contributed by atoms with van der Waals surface area (Å²) in [7, 11) is 1.62. The number of rotatable bonds is 5. The number of nitrogens with one attached hydrogen (secondary N) is 1. The molecule has 5 rings (SSSR count). The second-order valence-corrected chi connectivity index (χ2v) is 8.03. The molecular weight excluding hydrogens is 438 g/mol. The van der Waals surface area contributed by atoms with Gasteiger partial charge in [0.2, 0.25) is 0 Å². The first kappa shape index (κ1) is 20.9. The quantitative estimate of drug-likeness (QED) is 0.299. The average Bonchev–Trinajstić information content (AvgIpc) is 3.12. The third kappa shape index (κ3) is 3.99. The molecule has 1 amide bonds. The number of fused-ring (bicyclic) bond motifs is 4. The van der Waals surface area contributed by atoms with Gasteiger partial charge >= 0.3 is 0 Å². The summed E-state index contributed by atoms with van der Waals surface area (Å²) in [5.74, 6) is 0.488. The Hall–Kier alpha value is -3.97. The minimum Gasteiger partial charge on any atom is -0.497 e. The minimum atomic E-state index is -0.272. The number of hydrogen-bond acceptors (Lipinski definition) is 5. The van der Waals surface area contributed by atoms with E-state index in [4.69, 9.17) is 26.3 Å². The van der Waals surface area contributed by atoms with E-state index in [2.05, 4.69) is 10.5 Å². The smallest absolute Gasteiger partial charge is 0.260 e. The highest BCUT2D eigenvalue weighted by atomic mass is 35.5. The van der Waals surface area contributed by atoms with Crippen LogP contribution in [-0.2, 0) is 11.3 Å². The van der Waals surface area contributed by atoms with Crippen LogP contribution in [0.25, 0.3) is 33.1 Å². The highest BCUT2D eigenvalue weighted by Gasteiger charge is 2.17. The number of hydrogen-bond donors (Lipinski definition) is 1. The summed E-state index contributed by atoms with van der Waals surface area (Å²) >= 11 is 6.25. The van der Waals surface area contributed by atoms with Gasteiger partial charge in [-0.1, -0.05) is 23.7 Å². The number of aromatic nitrogens is 3. The lowest BCUT2D eigenvalue weighted by molar-refractivity contribution is -0.121. The van der Waals surface area contributed by atoms with Crippen LogP contribution in [0.4, 0.5) is 0 Å².